The van der Waals surface area contributed by atoms with Gasteiger partial charge in [0.1, 0.15) is 19.3 Å². The van der Waals surface area contributed by atoms with Gasteiger partial charge in [-0.15, -0.1) is 0 Å². The third kappa shape index (κ3) is 61.6. The van der Waals surface area contributed by atoms with Gasteiger partial charge in [0.25, 0.3) is 0 Å². The Balaban J connectivity index is 5.06. The number of nitrogens with zero attached hydrogens (tertiary/aromatic N) is 1. The maximum Gasteiger partial charge on any atom is 0.472 e. The van der Waals surface area contributed by atoms with Gasteiger partial charge in [0, 0.05) is 12.8 Å². The van der Waals surface area contributed by atoms with Crippen LogP contribution in [0.4, 0.5) is 0 Å². The molecule has 0 aromatic rings. The van der Waals surface area contributed by atoms with Crippen LogP contribution < -0.4 is 5.32 Å². The van der Waals surface area contributed by atoms with E-state index in [4.69, 9.17) is 13.8 Å². The number of carbonyl (C=O) groups is 2. The molecular weight excluding hydrogens is 1020 g/mol. The molecule has 0 fully saturated rings. The number of amides is 1. The van der Waals surface area contributed by atoms with Crippen molar-refractivity contribution in [2.24, 2.45) is 0 Å². The molecule has 0 aromatic heterocycles. The Bertz CT molecular complexity index is 1660. The molecule has 0 saturated carbocycles. The molecule has 81 heavy (non-hydrogen) atoms. The van der Waals surface area contributed by atoms with E-state index in [2.05, 4.69) is 99.0 Å². The average molecular weight is 1150 g/mol. The van der Waals surface area contributed by atoms with Crippen LogP contribution in [0.15, 0.2) is 85.1 Å². The maximum absolute atomic E-state index is 13.6. The Labute approximate surface area is 501 Å². The molecule has 0 heterocycles. The SMILES string of the molecule is CC/C=C/C/C=C/C/C=C/CCCCCCCCC(=O)NC(COP(=O)(O)OCC[N+](C)(C)C)C(/C=C\CCCCCCCCCCCC)OC(=O)CCCCCCCCCCCCCCCC/C=C\C/C=C\C/C=C\CCCCC. The van der Waals surface area contributed by atoms with E-state index in [0.29, 0.717) is 17.4 Å². The summed E-state index contributed by atoms with van der Waals surface area (Å²) in [4.78, 5) is 37.8. The molecule has 0 radical (unpaired) electrons. The van der Waals surface area contributed by atoms with Crippen LogP contribution >= 0.6 is 7.82 Å². The van der Waals surface area contributed by atoms with E-state index in [1.807, 2.05) is 33.3 Å². The lowest BCUT2D eigenvalue weighted by atomic mass is 10.0. The fourth-order valence-corrected chi connectivity index (χ4v) is 10.3. The first-order chi connectivity index (χ1) is 39.4. The minimum atomic E-state index is -4.46. The fraction of sp³-hybridized carbons (Fsp3) is 0.775. The number of carbonyl (C=O) groups excluding carboxylic acids is 2. The summed E-state index contributed by atoms with van der Waals surface area (Å²) in [5.41, 5.74) is 0. The summed E-state index contributed by atoms with van der Waals surface area (Å²) in [6, 6.07) is -0.859. The van der Waals surface area contributed by atoms with Gasteiger partial charge < -0.3 is 19.4 Å². The van der Waals surface area contributed by atoms with Crippen molar-refractivity contribution in [2.75, 3.05) is 40.9 Å². The van der Waals surface area contributed by atoms with Crippen LogP contribution in [-0.4, -0.2) is 74.3 Å². The second kappa shape index (κ2) is 60.3. The number of rotatable bonds is 61. The number of phosphoric ester groups is 1. The number of allylic oxidation sites excluding steroid dienone is 13. The molecular formula is C71H130N2O7P+. The Kier molecular flexibility index (Phi) is 58.2. The quantitative estimate of drug-likeness (QED) is 0.0205. The van der Waals surface area contributed by atoms with Crippen molar-refractivity contribution in [3.8, 4) is 0 Å². The molecule has 1 amide bonds. The molecule has 10 heteroatoms. The van der Waals surface area contributed by atoms with E-state index in [1.54, 1.807) is 0 Å². The molecule has 0 aliphatic carbocycles. The Morgan fingerprint density at radius 2 is 0.790 bits per heavy atom. The van der Waals surface area contributed by atoms with Crippen LogP contribution in [0.25, 0.3) is 0 Å². The minimum absolute atomic E-state index is 0.0350. The van der Waals surface area contributed by atoms with Gasteiger partial charge in [-0.05, 0) is 102 Å². The zero-order chi connectivity index (χ0) is 59.3. The van der Waals surface area contributed by atoms with Gasteiger partial charge in [0.05, 0.1) is 33.8 Å². The van der Waals surface area contributed by atoms with Crippen molar-refractivity contribution in [1.29, 1.82) is 0 Å². The molecule has 9 nitrogen and oxygen atoms in total. The molecule has 0 aliphatic rings. The summed E-state index contributed by atoms with van der Waals surface area (Å²) in [6.45, 7) is 6.88. The lowest BCUT2D eigenvalue weighted by molar-refractivity contribution is -0.870. The van der Waals surface area contributed by atoms with Crippen LogP contribution in [0.1, 0.15) is 303 Å². The number of unbranched alkanes of at least 4 members (excludes halogenated alkanes) is 33. The van der Waals surface area contributed by atoms with E-state index >= 15 is 0 Å². The Morgan fingerprint density at radius 3 is 1.21 bits per heavy atom. The van der Waals surface area contributed by atoms with Gasteiger partial charge in [0.2, 0.25) is 5.91 Å². The highest BCUT2D eigenvalue weighted by atomic mass is 31.2. The van der Waals surface area contributed by atoms with Crippen molar-refractivity contribution in [2.45, 2.75) is 315 Å². The second-order valence-electron chi connectivity index (χ2n) is 24.0. The standard InChI is InChI=1S/C71H129N2O7P/c1-7-10-13-16-19-22-25-28-30-32-33-34-35-36-37-38-39-40-41-42-44-46-49-52-55-58-61-64-71(75)80-69(62-59-56-53-50-47-27-24-21-18-15-12-9-3)68(67-79-81(76,77)78-66-65-73(4,5)6)72-70(74)63-60-57-54-51-48-45-43-31-29-26-23-20-17-14-11-8-2/h11,14,19-20,22-23,28-31,33-34,59,62,68-69H,7-10,12-13,15-18,21,24-27,32,35-58,60-61,63-67H2,1-6H3,(H-,72,74,76,77)/p+1/b14-11+,22-19-,23-20+,30-28-,31-29+,34-33-,62-59-. The first-order valence-electron chi connectivity index (χ1n) is 33.9. The first kappa shape index (κ1) is 78.2. The highest BCUT2D eigenvalue weighted by Gasteiger charge is 2.30. The van der Waals surface area contributed by atoms with E-state index < -0.39 is 20.0 Å². The molecule has 0 saturated heterocycles. The summed E-state index contributed by atoms with van der Waals surface area (Å²) >= 11 is 0. The minimum Gasteiger partial charge on any atom is -0.456 e. The highest BCUT2D eigenvalue weighted by Crippen LogP contribution is 2.43. The smallest absolute Gasteiger partial charge is 0.456 e. The molecule has 470 valence electrons. The second-order valence-corrected chi connectivity index (χ2v) is 25.4. The topological polar surface area (TPSA) is 111 Å². The molecule has 3 unspecified atom stereocenters. The maximum atomic E-state index is 13.6. The number of ether oxygens (including phenoxy) is 1. The molecule has 0 rings (SSSR count). The third-order valence-electron chi connectivity index (χ3n) is 14.8. The van der Waals surface area contributed by atoms with Gasteiger partial charge in [-0.3, -0.25) is 18.6 Å². The summed E-state index contributed by atoms with van der Waals surface area (Å²) in [6.07, 6.45) is 80.2. The predicted molar refractivity (Wildman–Crippen MR) is 351 cm³/mol. The predicted octanol–water partition coefficient (Wildman–Crippen LogP) is 21.3. The Morgan fingerprint density at radius 1 is 0.444 bits per heavy atom. The number of esters is 1. The van der Waals surface area contributed by atoms with Crippen LogP contribution in [-0.2, 0) is 27.9 Å². The van der Waals surface area contributed by atoms with Crippen LogP contribution in [0, 0.1) is 0 Å². The van der Waals surface area contributed by atoms with E-state index in [9.17, 15) is 19.0 Å². The highest BCUT2D eigenvalue weighted by molar-refractivity contribution is 7.47. The van der Waals surface area contributed by atoms with Gasteiger partial charge in [0.15, 0.2) is 0 Å². The summed E-state index contributed by atoms with van der Waals surface area (Å²) in [5.74, 6) is -0.517. The number of quaternary nitrogens is 1. The summed E-state index contributed by atoms with van der Waals surface area (Å²) in [5, 5.41) is 3.06. The number of hydrogen-bond donors (Lipinski definition) is 2. The zero-order valence-electron chi connectivity index (χ0n) is 53.8. The molecule has 0 aliphatic heterocycles. The van der Waals surface area contributed by atoms with Gasteiger partial charge in [-0.25, -0.2) is 4.57 Å². The summed E-state index contributed by atoms with van der Waals surface area (Å²) < 4.78 is 30.8. The van der Waals surface area contributed by atoms with Crippen molar-refractivity contribution in [3.63, 3.8) is 0 Å². The number of likely N-dealkylation sites (N-methyl/N-ethyl adjacent to an activating group) is 1. The van der Waals surface area contributed by atoms with Crippen LogP contribution in [0.2, 0.25) is 0 Å². The third-order valence-corrected chi connectivity index (χ3v) is 15.8. The van der Waals surface area contributed by atoms with Crippen LogP contribution in [0.5, 0.6) is 0 Å². The molecule has 3 atom stereocenters. The number of nitrogens with one attached hydrogen (secondary N) is 1. The average Bonchev–Trinajstić information content (AvgIpc) is 3.44. The monoisotopic (exact) mass is 1150 g/mol. The largest absolute Gasteiger partial charge is 0.472 e. The zero-order valence-corrected chi connectivity index (χ0v) is 54.7. The lowest BCUT2D eigenvalue weighted by Gasteiger charge is -2.27. The van der Waals surface area contributed by atoms with Crippen molar-refractivity contribution in [1.82, 2.24) is 5.32 Å². The van der Waals surface area contributed by atoms with Crippen LogP contribution in [0.3, 0.4) is 0 Å². The molecule has 2 N–H and O–H groups in total. The van der Waals surface area contributed by atoms with Gasteiger partial charge in [-0.2, -0.15) is 0 Å². The van der Waals surface area contributed by atoms with Gasteiger partial charge >= 0.3 is 13.8 Å². The molecule has 0 spiro atoms. The van der Waals surface area contributed by atoms with Crippen molar-refractivity contribution < 1.29 is 37.3 Å². The van der Waals surface area contributed by atoms with E-state index in [1.165, 1.54) is 167 Å². The van der Waals surface area contributed by atoms with E-state index in [-0.39, 0.29) is 31.5 Å². The van der Waals surface area contributed by atoms with Gasteiger partial charge in [-0.1, -0.05) is 273 Å². The van der Waals surface area contributed by atoms with Crippen molar-refractivity contribution >= 4 is 19.7 Å². The van der Waals surface area contributed by atoms with Crippen molar-refractivity contribution in [3.05, 3.63) is 85.1 Å². The fourth-order valence-electron chi connectivity index (χ4n) is 9.61. The normalized spacial score (nSPS) is 14.1. The van der Waals surface area contributed by atoms with E-state index in [0.717, 1.165) is 103 Å². The summed E-state index contributed by atoms with van der Waals surface area (Å²) in [7, 11) is 1.48. The first-order valence-corrected chi connectivity index (χ1v) is 35.4. The molecule has 0 bridgehead atoms. The number of hydrogen-bond acceptors (Lipinski definition) is 6. The number of phosphoric acid groups is 1. The molecule has 0 aromatic carbocycles. The lowest BCUT2D eigenvalue weighted by Crippen LogP contribution is -2.47. The Hall–Kier alpha value is -2.81.